The van der Waals surface area contributed by atoms with Crippen molar-refractivity contribution in [2.24, 2.45) is 5.92 Å². The van der Waals surface area contributed by atoms with Gasteiger partial charge < -0.3 is 36.6 Å². The molecule has 2 atom stereocenters. The fraction of sp³-hybridized carbons (Fsp3) is 0.368. The van der Waals surface area contributed by atoms with Gasteiger partial charge >= 0.3 is 13.6 Å². The van der Waals surface area contributed by atoms with Crippen molar-refractivity contribution >= 4 is 36.9 Å². The van der Waals surface area contributed by atoms with Crippen LogP contribution in [0, 0.1) is 5.92 Å². The molecule has 0 fully saturated rings. The zero-order chi connectivity index (χ0) is 24.2. The number of carboxylic acid groups (broad SMARTS) is 1. The summed E-state index contributed by atoms with van der Waals surface area (Å²) < 4.78 is 11.0. The summed E-state index contributed by atoms with van der Waals surface area (Å²) in [5.74, 6) is -1.39. The Morgan fingerprint density at radius 1 is 1.27 bits per heavy atom. The average molecular weight is 480 g/mol. The molecule has 1 amide bonds. The largest absolute Gasteiger partial charge is 0.480 e. The molecule has 0 saturated heterocycles. The van der Waals surface area contributed by atoms with Gasteiger partial charge in [-0.3, -0.25) is 19.1 Å². The Morgan fingerprint density at radius 2 is 1.97 bits per heavy atom. The van der Waals surface area contributed by atoms with Crippen LogP contribution in [0.3, 0.4) is 0 Å². The molecule has 0 bridgehead atoms. The second-order valence-electron chi connectivity index (χ2n) is 7.73. The molecule has 33 heavy (non-hydrogen) atoms. The van der Waals surface area contributed by atoms with E-state index in [1.807, 2.05) is 0 Å². The van der Waals surface area contributed by atoms with Gasteiger partial charge in [0, 0.05) is 24.3 Å². The third kappa shape index (κ3) is 6.78. The van der Waals surface area contributed by atoms with E-state index >= 15 is 0 Å². The van der Waals surface area contributed by atoms with Crippen molar-refractivity contribution in [3.8, 4) is 0 Å². The molecule has 1 aliphatic rings. The molecule has 2 unspecified atom stereocenters. The lowest BCUT2D eigenvalue weighted by Gasteiger charge is -2.25. The van der Waals surface area contributed by atoms with E-state index in [1.54, 1.807) is 12.1 Å². The van der Waals surface area contributed by atoms with Crippen LogP contribution in [0.4, 0.5) is 17.5 Å². The summed E-state index contributed by atoms with van der Waals surface area (Å²) >= 11 is 0. The van der Waals surface area contributed by atoms with Crippen LogP contribution < -0.4 is 27.2 Å². The van der Waals surface area contributed by atoms with Crippen LogP contribution in [0.1, 0.15) is 22.3 Å². The monoisotopic (exact) mass is 480 g/mol. The van der Waals surface area contributed by atoms with Crippen molar-refractivity contribution in [1.82, 2.24) is 15.3 Å². The highest BCUT2D eigenvalue weighted by Gasteiger charge is 2.25. The Bertz CT molecular complexity index is 1130. The maximum Gasteiger partial charge on any atom is 0.326 e. The first-order chi connectivity index (χ1) is 15.5. The number of nitrogens with one attached hydrogen (secondary N) is 4. The number of hydrogen-bond acceptors (Lipinski definition) is 8. The van der Waals surface area contributed by atoms with E-state index in [2.05, 4.69) is 25.9 Å². The van der Waals surface area contributed by atoms with Gasteiger partial charge in [0.15, 0.2) is 0 Å². The van der Waals surface area contributed by atoms with Gasteiger partial charge in [-0.15, -0.1) is 0 Å². The normalized spacial score (nSPS) is 16.2. The molecule has 0 spiro atoms. The topological polar surface area (TPSA) is 220 Å². The number of nitrogens with zero attached hydrogens (tertiary/aromatic N) is 1. The second-order valence-corrected chi connectivity index (χ2v) is 9.51. The molecule has 1 aromatic carbocycles. The number of aromatic nitrogens is 2. The second kappa shape index (κ2) is 10.0. The number of hydrogen-bond donors (Lipinski definition) is 8. The van der Waals surface area contributed by atoms with Crippen LogP contribution in [0.5, 0.6) is 0 Å². The summed E-state index contributed by atoms with van der Waals surface area (Å²) in [6.07, 6.45) is -0.527. The van der Waals surface area contributed by atoms with E-state index in [-0.39, 0.29) is 23.0 Å². The van der Waals surface area contributed by atoms with E-state index in [9.17, 15) is 24.1 Å². The van der Waals surface area contributed by atoms with Crippen molar-refractivity contribution in [3.05, 3.63) is 45.7 Å². The molecule has 0 radical (unpaired) electrons. The first kappa shape index (κ1) is 24.2. The Labute approximate surface area is 188 Å². The molecule has 14 heteroatoms. The SMILES string of the molecule is Nc1nc2c(c(=O)[nH]1)CC(CNc1ccc(C(=O)NC(CCP(=O)(O)O)C(=O)O)cc1)CN2. The molecule has 0 aliphatic carbocycles. The highest BCUT2D eigenvalue weighted by Crippen LogP contribution is 2.35. The van der Waals surface area contributed by atoms with Crippen molar-refractivity contribution in [2.45, 2.75) is 18.9 Å². The number of carbonyl (C=O) groups excluding carboxylic acids is 1. The molecule has 1 aliphatic heterocycles. The standard InChI is InChI=1S/C19H25N6O7P/c20-19-24-15-13(17(27)25-19)7-10(9-22-15)8-21-12-3-1-11(2-4-12)16(26)23-14(18(28)29)5-6-33(30,31)32/h1-4,10,14,21H,5-9H2,(H,23,26)(H,28,29)(H2,30,31,32)(H4,20,22,24,25,27). The van der Waals surface area contributed by atoms with E-state index in [0.29, 0.717) is 30.9 Å². The van der Waals surface area contributed by atoms with Crippen LogP contribution in [-0.4, -0.2) is 62.0 Å². The molecular weight excluding hydrogens is 455 g/mol. The number of aliphatic carboxylic acids is 1. The Morgan fingerprint density at radius 3 is 2.61 bits per heavy atom. The van der Waals surface area contributed by atoms with Crippen molar-refractivity contribution in [2.75, 3.05) is 35.6 Å². The summed E-state index contributed by atoms with van der Waals surface area (Å²) in [4.78, 5) is 60.1. The number of anilines is 3. The number of fused-ring (bicyclic) bond motifs is 1. The van der Waals surface area contributed by atoms with Gasteiger partial charge in [-0.1, -0.05) is 0 Å². The van der Waals surface area contributed by atoms with E-state index in [0.717, 1.165) is 5.69 Å². The van der Waals surface area contributed by atoms with Gasteiger partial charge in [-0.25, -0.2) is 4.79 Å². The van der Waals surface area contributed by atoms with E-state index < -0.39 is 38.1 Å². The van der Waals surface area contributed by atoms with Crippen LogP contribution >= 0.6 is 7.60 Å². The molecule has 0 saturated carbocycles. The molecule has 13 nitrogen and oxygen atoms in total. The van der Waals surface area contributed by atoms with Crippen LogP contribution in [0.2, 0.25) is 0 Å². The summed E-state index contributed by atoms with van der Waals surface area (Å²) in [7, 11) is -4.38. The zero-order valence-corrected chi connectivity index (χ0v) is 18.3. The molecule has 9 N–H and O–H groups in total. The third-order valence-corrected chi connectivity index (χ3v) is 5.98. The summed E-state index contributed by atoms with van der Waals surface area (Å²) in [6, 6.07) is 4.90. The predicted octanol–water partition coefficient (Wildman–Crippen LogP) is -0.201. The maximum absolute atomic E-state index is 12.3. The fourth-order valence-corrected chi connectivity index (χ4v) is 3.99. The lowest BCUT2D eigenvalue weighted by atomic mass is 9.96. The molecule has 178 valence electrons. The summed E-state index contributed by atoms with van der Waals surface area (Å²) in [5, 5.41) is 17.8. The van der Waals surface area contributed by atoms with Crippen molar-refractivity contribution < 1.29 is 29.0 Å². The number of amides is 1. The zero-order valence-electron chi connectivity index (χ0n) is 17.4. The Balaban J connectivity index is 1.54. The number of rotatable bonds is 9. The van der Waals surface area contributed by atoms with Gasteiger partial charge in [-0.05, 0) is 43.0 Å². The molecule has 2 aromatic rings. The number of carbonyl (C=O) groups is 2. The van der Waals surface area contributed by atoms with Crippen LogP contribution in [0.25, 0.3) is 0 Å². The third-order valence-electron chi connectivity index (χ3n) is 5.14. The average Bonchev–Trinajstić information content (AvgIpc) is 2.74. The van der Waals surface area contributed by atoms with Crippen LogP contribution in [-0.2, 0) is 15.8 Å². The molecule has 3 rings (SSSR count). The maximum atomic E-state index is 12.3. The number of nitrogen functional groups attached to an aromatic ring is 1. The van der Waals surface area contributed by atoms with E-state index in [4.69, 9.17) is 15.5 Å². The Hall–Kier alpha value is -3.41. The summed E-state index contributed by atoms with van der Waals surface area (Å²) in [5.41, 5.74) is 6.74. The number of carboxylic acids is 1. The first-order valence-corrected chi connectivity index (χ1v) is 11.9. The summed E-state index contributed by atoms with van der Waals surface area (Å²) in [6.45, 7) is 1.15. The highest BCUT2D eigenvalue weighted by atomic mass is 31.2. The molecule has 2 heterocycles. The number of nitrogens with two attached hydrogens (primary N) is 1. The number of benzene rings is 1. The number of aromatic amines is 1. The lowest BCUT2D eigenvalue weighted by molar-refractivity contribution is -0.139. The first-order valence-electron chi connectivity index (χ1n) is 10.1. The van der Waals surface area contributed by atoms with Gasteiger partial charge in [0.05, 0.1) is 11.7 Å². The van der Waals surface area contributed by atoms with Gasteiger partial charge in [0.2, 0.25) is 5.95 Å². The smallest absolute Gasteiger partial charge is 0.326 e. The fourth-order valence-electron chi connectivity index (χ4n) is 3.39. The Kier molecular flexibility index (Phi) is 7.36. The molecule has 1 aromatic heterocycles. The minimum Gasteiger partial charge on any atom is -0.480 e. The van der Waals surface area contributed by atoms with Crippen LogP contribution in [0.15, 0.2) is 29.1 Å². The molecular formula is C19H25N6O7P. The minimum atomic E-state index is -4.38. The van der Waals surface area contributed by atoms with Gasteiger partial charge in [0.25, 0.3) is 11.5 Å². The van der Waals surface area contributed by atoms with Gasteiger partial charge in [-0.2, -0.15) is 4.98 Å². The predicted molar refractivity (Wildman–Crippen MR) is 120 cm³/mol. The highest BCUT2D eigenvalue weighted by molar-refractivity contribution is 7.51. The quantitative estimate of drug-likeness (QED) is 0.220. The number of H-pyrrole nitrogens is 1. The van der Waals surface area contributed by atoms with Crippen molar-refractivity contribution in [3.63, 3.8) is 0 Å². The van der Waals surface area contributed by atoms with Crippen molar-refractivity contribution in [1.29, 1.82) is 0 Å². The van der Waals surface area contributed by atoms with E-state index in [1.165, 1.54) is 12.1 Å². The minimum absolute atomic E-state index is 0.0587. The lowest BCUT2D eigenvalue weighted by Crippen LogP contribution is -2.41. The van der Waals surface area contributed by atoms with Gasteiger partial charge in [0.1, 0.15) is 11.9 Å².